The molecule has 0 spiro atoms. The van der Waals surface area contributed by atoms with Crippen LogP contribution in [0, 0.1) is 3.57 Å². The summed E-state index contributed by atoms with van der Waals surface area (Å²) in [6.45, 7) is 0. The van der Waals surface area contributed by atoms with E-state index in [-0.39, 0.29) is 3.57 Å². The smallest absolute Gasteiger partial charge is 0.422 e. The Labute approximate surface area is 91.3 Å². The van der Waals surface area contributed by atoms with E-state index in [2.05, 4.69) is 4.98 Å². The Morgan fingerprint density at radius 2 is 1.93 bits per heavy atom. The first-order valence-corrected chi connectivity index (χ1v) is 4.49. The molecule has 0 atom stereocenters. The molecule has 1 aromatic heterocycles. The van der Waals surface area contributed by atoms with Crippen LogP contribution in [0.5, 0.6) is 0 Å². The van der Waals surface area contributed by atoms with E-state index in [4.69, 9.17) is 10.0 Å². The number of hydrogen-bond acceptors (Lipinski definition) is 3. The third-order valence-corrected chi connectivity index (χ3v) is 2.03. The van der Waals surface area contributed by atoms with Crippen LogP contribution in [0.25, 0.3) is 0 Å². The highest BCUT2D eigenvalue weighted by atomic mass is 127. The number of halogens is 4. The maximum absolute atomic E-state index is 12.3. The van der Waals surface area contributed by atoms with Crippen molar-refractivity contribution < 1.29 is 23.2 Å². The van der Waals surface area contributed by atoms with Crippen LogP contribution in [-0.2, 0) is 6.18 Å². The standard InChI is InChI=1S/C6H4BF3INO2/c8-6(9,10)4-1-3(11)2-12-5(4)7(13)14/h1-2,13-14H. The van der Waals surface area contributed by atoms with E-state index < -0.39 is 24.5 Å². The van der Waals surface area contributed by atoms with Gasteiger partial charge in [0.2, 0.25) is 0 Å². The average molecular weight is 317 g/mol. The summed E-state index contributed by atoms with van der Waals surface area (Å²) in [5, 5.41) is 17.3. The van der Waals surface area contributed by atoms with Gasteiger partial charge in [-0.3, -0.25) is 4.98 Å². The van der Waals surface area contributed by atoms with E-state index >= 15 is 0 Å². The van der Waals surface area contributed by atoms with Crippen LogP contribution in [0.2, 0.25) is 0 Å². The fourth-order valence-corrected chi connectivity index (χ4v) is 1.33. The van der Waals surface area contributed by atoms with Crippen molar-refractivity contribution in [3.63, 3.8) is 0 Å². The van der Waals surface area contributed by atoms with Crippen molar-refractivity contribution in [3.05, 3.63) is 21.4 Å². The minimum Gasteiger partial charge on any atom is -0.422 e. The summed E-state index contributed by atoms with van der Waals surface area (Å²) in [4.78, 5) is 3.32. The second-order valence-corrected chi connectivity index (χ2v) is 3.70. The van der Waals surface area contributed by atoms with E-state index in [0.717, 1.165) is 12.3 Å². The van der Waals surface area contributed by atoms with Gasteiger partial charge in [-0.15, -0.1) is 0 Å². The molecule has 8 heteroatoms. The third kappa shape index (κ3) is 2.58. The molecule has 2 N–H and O–H groups in total. The Morgan fingerprint density at radius 1 is 1.36 bits per heavy atom. The third-order valence-electron chi connectivity index (χ3n) is 1.44. The van der Waals surface area contributed by atoms with Gasteiger partial charge in [-0.1, -0.05) is 0 Å². The molecule has 3 nitrogen and oxygen atoms in total. The van der Waals surface area contributed by atoms with E-state index in [1.54, 1.807) is 22.6 Å². The largest absolute Gasteiger partial charge is 0.508 e. The number of alkyl halides is 3. The molecule has 0 saturated heterocycles. The highest BCUT2D eigenvalue weighted by Gasteiger charge is 2.37. The molecule has 1 rings (SSSR count). The predicted molar refractivity (Wildman–Crippen MR) is 51.8 cm³/mol. The highest BCUT2D eigenvalue weighted by Crippen LogP contribution is 2.28. The highest BCUT2D eigenvalue weighted by molar-refractivity contribution is 14.1. The fraction of sp³-hybridized carbons (Fsp3) is 0.167. The Balaban J connectivity index is 3.30. The average Bonchev–Trinajstić information content (AvgIpc) is 2.01. The van der Waals surface area contributed by atoms with Crippen LogP contribution in [-0.4, -0.2) is 22.2 Å². The molecular formula is C6H4BF3INO2. The molecule has 0 aliphatic carbocycles. The number of pyridine rings is 1. The van der Waals surface area contributed by atoms with Gasteiger partial charge in [0.25, 0.3) is 0 Å². The molecule has 0 aliphatic heterocycles. The summed E-state index contributed by atoms with van der Waals surface area (Å²) < 4.78 is 37.2. The zero-order chi connectivity index (χ0) is 10.9. The monoisotopic (exact) mass is 317 g/mol. The van der Waals surface area contributed by atoms with Crippen LogP contribution in [0.4, 0.5) is 13.2 Å². The molecule has 0 unspecified atom stereocenters. The molecule has 0 radical (unpaired) electrons. The second-order valence-electron chi connectivity index (χ2n) is 2.46. The Hall–Kier alpha value is -0.345. The summed E-state index contributed by atoms with van der Waals surface area (Å²) in [6, 6.07) is 0.808. The van der Waals surface area contributed by atoms with Crippen LogP contribution in [0.3, 0.4) is 0 Å². The molecule has 0 bridgehead atoms. The van der Waals surface area contributed by atoms with Crippen molar-refractivity contribution in [1.29, 1.82) is 0 Å². The number of aromatic nitrogens is 1. The van der Waals surface area contributed by atoms with E-state index in [1.165, 1.54) is 0 Å². The van der Waals surface area contributed by atoms with Crippen molar-refractivity contribution in [3.8, 4) is 0 Å². The first kappa shape index (κ1) is 11.7. The van der Waals surface area contributed by atoms with Gasteiger partial charge < -0.3 is 10.0 Å². The molecule has 0 aromatic carbocycles. The van der Waals surface area contributed by atoms with E-state index in [0.29, 0.717) is 0 Å². The number of nitrogens with zero attached hydrogens (tertiary/aromatic N) is 1. The van der Waals surface area contributed by atoms with Gasteiger partial charge in [0.1, 0.15) is 0 Å². The molecular weight excluding hydrogens is 313 g/mol. The Kier molecular flexibility index (Phi) is 3.38. The van der Waals surface area contributed by atoms with Gasteiger partial charge in [0.05, 0.1) is 11.2 Å². The minimum atomic E-state index is -4.63. The lowest BCUT2D eigenvalue weighted by molar-refractivity contribution is -0.137. The van der Waals surface area contributed by atoms with Gasteiger partial charge in [-0.25, -0.2) is 0 Å². The van der Waals surface area contributed by atoms with E-state index in [9.17, 15) is 13.2 Å². The molecule has 0 fully saturated rings. The summed E-state index contributed by atoms with van der Waals surface area (Å²) >= 11 is 1.66. The predicted octanol–water partition coefficient (Wildman–Crippen LogP) is 0.385. The van der Waals surface area contributed by atoms with Crippen molar-refractivity contribution >= 4 is 35.3 Å². The lowest BCUT2D eigenvalue weighted by Crippen LogP contribution is -2.38. The Morgan fingerprint density at radius 3 is 2.36 bits per heavy atom. The molecule has 0 saturated carbocycles. The van der Waals surface area contributed by atoms with Gasteiger partial charge in [0.15, 0.2) is 0 Å². The van der Waals surface area contributed by atoms with Gasteiger partial charge >= 0.3 is 13.3 Å². The zero-order valence-electron chi connectivity index (χ0n) is 6.59. The van der Waals surface area contributed by atoms with E-state index in [1.807, 2.05) is 0 Å². The first-order chi connectivity index (χ1) is 6.32. The minimum absolute atomic E-state index is 0.277. The maximum atomic E-state index is 12.3. The second kappa shape index (κ2) is 4.03. The van der Waals surface area contributed by atoms with Gasteiger partial charge in [-0.2, -0.15) is 13.2 Å². The molecule has 1 aromatic rings. The van der Waals surface area contributed by atoms with Crippen molar-refractivity contribution in [2.75, 3.05) is 0 Å². The summed E-state index contributed by atoms with van der Waals surface area (Å²) in [5.74, 6) is 0. The number of rotatable bonds is 1. The molecule has 1 heterocycles. The molecule has 0 aliphatic rings. The van der Waals surface area contributed by atoms with Crippen LogP contribution in [0.1, 0.15) is 5.56 Å². The summed E-state index contributed by atoms with van der Waals surface area (Å²) in [6.07, 6.45) is -3.50. The Bertz CT molecular complexity index is 344. The SMILES string of the molecule is OB(O)c1ncc(I)cc1C(F)(F)F. The molecule has 0 amide bonds. The normalized spacial score (nSPS) is 11.6. The lowest BCUT2D eigenvalue weighted by atomic mass is 9.82. The van der Waals surface area contributed by atoms with Crippen molar-refractivity contribution in [2.24, 2.45) is 0 Å². The topological polar surface area (TPSA) is 53.4 Å². The fourth-order valence-electron chi connectivity index (χ4n) is 0.883. The van der Waals surface area contributed by atoms with Gasteiger partial charge in [0, 0.05) is 9.77 Å². The summed E-state index contributed by atoms with van der Waals surface area (Å²) in [5.41, 5.74) is -1.91. The quantitative estimate of drug-likeness (QED) is 0.582. The van der Waals surface area contributed by atoms with Crippen LogP contribution >= 0.6 is 22.6 Å². The number of hydrogen-bond donors (Lipinski definition) is 2. The zero-order valence-corrected chi connectivity index (χ0v) is 8.74. The molecule has 76 valence electrons. The first-order valence-electron chi connectivity index (χ1n) is 3.41. The van der Waals surface area contributed by atoms with Crippen LogP contribution < -0.4 is 5.59 Å². The maximum Gasteiger partial charge on any atom is 0.508 e. The van der Waals surface area contributed by atoms with Crippen molar-refractivity contribution in [2.45, 2.75) is 6.18 Å². The van der Waals surface area contributed by atoms with Crippen LogP contribution in [0.15, 0.2) is 12.3 Å². The van der Waals surface area contributed by atoms with Crippen molar-refractivity contribution in [1.82, 2.24) is 4.98 Å². The lowest BCUT2D eigenvalue weighted by Gasteiger charge is -2.11. The van der Waals surface area contributed by atoms with Gasteiger partial charge in [-0.05, 0) is 28.7 Å². The molecule has 14 heavy (non-hydrogen) atoms. The summed E-state index contributed by atoms with van der Waals surface area (Å²) in [7, 11) is -2.22.